The van der Waals surface area contributed by atoms with Crippen LogP contribution in [0.3, 0.4) is 0 Å². The molecule has 7 heteroatoms. The largest absolute Gasteiger partial charge is 0.383 e. The number of hydrogen-bond acceptors (Lipinski definition) is 5. The van der Waals surface area contributed by atoms with E-state index in [9.17, 15) is 8.78 Å². The molecule has 0 unspecified atom stereocenters. The monoisotopic (exact) mass is 356 g/mol. The predicted octanol–water partition coefficient (Wildman–Crippen LogP) is 4.22. The lowest BCUT2D eigenvalue weighted by Gasteiger charge is -2.12. The van der Waals surface area contributed by atoms with Gasteiger partial charge in [0.2, 0.25) is 0 Å². The van der Waals surface area contributed by atoms with Crippen LogP contribution in [-0.4, -0.2) is 30.2 Å². The zero-order valence-corrected chi connectivity index (χ0v) is 14.2. The second-order valence-corrected chi connectivity index (χ2v) is 5.47. The third kappa shape index (κ3) is 4.31. The van der Waals surface area contributed by atoms with Crippen LogP contribution >= 0.6 is 0 Å². The molecule has 0 saturated carbocycles. The summed E-state index contributed by atoms with van der Waals surface area (Å²) in [6, 6.07) is 14.6. The van der Waals surface area contributed by atoms with Crippen molar-refractivity contribution in [2.45, 2.75) is 0 Å². The Labute approximate surface area is 150 Å². The number of nitrogens with zero attached hydrogens (tertiary/aromatic N) is 2. The van der Waals surface area contributed by atoms with E-state index in [1.807, 2.05) is 30.3 Å². The van der Waals surface area contributed by atoms with E-state index in [4.69, 9.17) is 4.74 Å². The highest BCUT2D eigenvalue weighted by molar-refractivity contribution is 5.65. The number of rotatable bonds is 7. The van der Waals surface area contributed by atoms with Gasteiger partial charge in [-0.1, -0.05) is 36.4 Å². The number of nitrogens with one attached hydrogen (secondary N) is 2. The SMILES string of the molecule is COCCNc1cc(Nc2c(F)cccc2F)nc(-c2ccccc2)n1. The maximum atomic E-state index is 13.9. The molecule has 134 valence electrons. The van der Waals surface area contributed by atoms with E-state index in [-0.39, 0.29) is 11.5 Å². The van der Waals surface area contributed by atoms with Crippen molar-refractivity contribution in [2.75, 3.05) is 30.9 Å². The molecule has 2 N–H and O–H groups in total. The van der Waals surface area contributed by atoms with Gasteiger partial charge >= 0.3 is 0 Å². The van der Waals surface area contributed by atoms with Crippen LogP contribution in [0.25, 0.3) is 11.4 Å². The summed E-state index contributed by atoms with van der Waals surface area (Å²) in [6.07, 6.45) is 0. The Morgan fingerprint density at radius 3 is 2.31 bits per heavy atom. The standard InChI is InChI=1S/C19H18F2N4O/c1-26-11-10-22-16-12-17(23-18-14(20)8-5-9-15(18)21)25-19(24-16)13-6-3-2-4-7-13/h2-9,12H,10-11H2,1H3,(H2,22,23,24,25). The van der Waals surface area contributed by atoms with Crippen molar-refractivity contribution >= 4 is 17.3 Å². The highest BCUT2D eigenvalue weighted by atomic mass is 19.1. The molecule has 0 bridgehead atoms. The minimum absolute atomic E-state index is 0.256. The highest BCUT2D eigenvalue weighted by Crippen LogP contribution is 2.25. The second kappa shape index (κ2) is 8.35. The molecule has 3 rings (SSSR count). The van der Waals surface area contributed by atoms with Crippen LogP contribution in [0.1, 0.15) is 0 Å². The average Bonchev–Trinajstić information content (AvgIpc) is 2.66. The molecule has 0 amide bonds. The van der Waals surface area contributed by atoms with E-state index >= 15 is 0 Å². The Morgan fingerprint density at radius 1 is 0.923 bits per heavy atom. The summed E-state index contributed by atoms with van der Waals surface area (Å²) in [5.74, 6) is -0.150. The zero-order valence-electron chi connectivity index (χ0n) is 14.2. The fraction of sp³-hybridized carbons (Fsp3) is 0.158. The van der Waals surface area contributed by atoms with E-state index in [0.717, 1.165) is 5.56 Å². The Kier molecular flexibility index (Phi) is 5.70. The molecule has 0 aliphatic carbocycles. The van der Waals surface area contributed by atoms with Crippen LogP contribution < -0.4 is 10.6 Å². The molecule has 0 aliphatic heterocycles. The number of methoxy groups -OCH3 is 1. The highest BCUT2D eigenvalue weighted by Gasteiger charge is 2.12. The summed E-state index contributed by atoms with van der Waals surface area (Å²) in [4.78, 5) is 8.84. The minimum atomic E-state index is -0.696. The lowest BCUT2D eigenvalue weighted by atomic mass is 10.2. The van der Waals surface area contributed by atoms with Gasteiger partial charge in [0.15, 0.2) is 5.82 Å². The zero-order chi connectivity index (χ0) is 18.4. The first-order valence-electron chi connectivity index (χ1n) is 8.05. The number of ether oxygens (including phenoxy) is 1. The Morgan fingerprint density at radius 2 is 1.62 bits per heavy atom. The van der Waals surface area contributed by atoms with Gasteiger partial charge in [-0.15, -0.1) is 0 Å². The van der Waals surface area contributed by atoms with Gasteiger partial charge in [0.1, 0.15) is 29.0 Å². The third-order valence-electron chi connectivity index (χ3n) is 3.59. The van der Waals surface area contributed by atoms with Gasteiger partial charge in [-0.3, -0.25) is 0 Å². The maximum Gasteiger partial charge on any atom is 0.163 e. The quantitative estimate of drug-likeness (QED) is 0.621. The minimum Gasteiger partial charge on any atom is -0.383 e. The molecule has 26 heavy (non-hydrogen) atoms. The van der Waals surface area contributed by atoms with Crippen LogP contribution in [0, 0.1) is 11.6 Å². The number of hydrogen-bond donors (Lipinski definition) is 2. The molecule has 1 heterocycles. The third-order valence-corrected chi connectivity index (χ3v) is 3.59. The molecule has 1 aromatic heterocycles. The van der Waals surface area contributed by atoms with Crippen LogP contribution in [0.5, 0.6) is 0 Å². The molecule has 3 aromatic rings. The second-order valence-electron chi connectivity index (χ2n) is 5.47. The van der Waals surface area contributed by atoms with Crippen LogP contribution in [0.15, 0.2) is 54.6 Å². The summed E-state index contributed by atoms with van der Waals surface area (Å²) in [5.41, 5.74) is 0.535. The molecule has 5 nitrogen and oxygen atoms in total. The number of para-hydroxylation sites is 1. The number of benzene rings is 2. The van der Waals surface area contributed by atoms with E-state index in [0.29, 0.717) is 24.8 Å². The Hall–Kier alpha value is -3.06. The first kappa shape index (κ1) is 17.8. The molecule has 0 fully saturated rings. The predicted molar refractivity (Wildman–Crippen MR) is 97.5 cm³/mol. The molecule has 0 radical (unpaired) electrons. The van der Waals surface area contributed by atoms with Crippen LogP contribution in [0.2, 0.25) is 0 Å². The average molecular weight is 356 g/mol. The van der Waals surface area contributed by atoms with Gasteiger partial charge in [0, 0.05) is 25.3 Å². The smallest absolute Gasteiger partial charge is 0.163 e. The first-order valence-corrected chi connectivity index (χ1v) is 8.05. The topological polar surface area (TPSA) is 59.1 Å². The van der Waals surface area contributed by atoms with Crippen molar-refractivity contribution in [1.82, 2.24) is 9.97 Å². The summed E-state index contributed by atoms with van der Waals surface area (Å²) >= 11 is 0. The van der Waals surface area contributed by atoms with Gasteiger partial charge in [-0.05, 0) is 12.1 Å². The molecule has 0 atom stereocenters. The fourth-order valence-electron chi connectivity index (χ4n) is 2.34. The van der Waals surface area contributed by atoms with E-state index in [1.165, 1.54) is 18.2 Å². The van der Waals surface area contributed by atoms with Crippen LogP contribution in [0.4, 0.5) is 26.1 Å². The van der Waals surface area contributed by atoms with Crippen molar-refractivity contribution in [1.29, 1.82) is 0 Å². The maximum absolute atomic E-state index is 13.9. The molecular formula is C19H18F2N4O. The molecule has 2 aromatic carbocycles. The van der Waals surface area contributed by atoms with Gasteiger partial charge in [-0.25, -0.2) is 18.7 Å². The fourth-order valence-corrected chi connectivity index (χ4v) is 2.34. The summed E-state index contributed by atoms with van der Waals surface area (Å²) in [7, 11) is 1.60. The molecule has 0 spiro atoms. The lowest BCUT2D eigenvalue weighted by Crippen LogP contribution is -2.10. The summed E-state index contributed by atoms with van der Waals surface area (Å²) in [6.45, 7) is 1.03. The molecular weight excluding hydrogens is 338 g/mol. The first-order chi connectivity index (χ1) is 12.7. The van der Waals surface area contributed by atoms with Crippen molar-refractivity contribution in [3.8, 4) is 11.4 Å². The van der Waals surface area contributed by atoms with Gasteiger partial charge in [-0.2, -0.15) is 0 Å². The van der Waals surface area contributed by atoms with E-state index in [2.05, 4.69) is 20.6 Å². The van der Waals surface area contributed by atoms with Gasteiger partial charge in [0.25, 0.3) is 0 Å². The van der Waals surface area contributed by atoms with Crippen molar-refractivity contribution in [3.05, 3.63) is 66.2 Å². The lowest BCUT2D eigenvalue weighted by molar-refractivity contribution is 0.210. The Bertz CT molecular complexity index is 854. The van der Waals surface area contributed by atoms with E-state index < -0.39 is 11.6 Å². The van der Waals surface area contributed by atoms with Crippen molar-refractivity contribution in [3.63, 3.8) is 0 Å². The van der Waals surface area contributed by atoms with E-state index in [1.54, 1.807) is 13.2 Å². The van der Waals surface area contributed by atoms with Crippen molar-refractivity contribution < 1.29 is 13.5 Å². The Balaban J connectivity index is 1.96. The number of aromatic nitrogens is 2. The normalized spacial score (nSPS) is 10.6. The van der Waals surface area contributed by atoms with Gasteiger partial charge < -0.3 is 15.4 Å². The van der Waals surface area contributed by atoms with Gasteiger partial charge in [0.05, 0.1) is 6.61 Å². The summed E-state index contributed by atoms with van der Waals surface area (Å²) < 4.78 is 32.9. The molecule has 0 aliphatic rings. The molecule has 0 saturated heterocycles. The number of anilines is 3. The van der Waals surface area contributed by atoms with Crippen molar-refractivity contribution in [2.24, 2.45) is 0 Å². The summed E-state index contributed by atoms with van der Waals surface area (Å²) in [5, 5.41) is 5.82. The number of halogens is 2. The van der Waals surface area contributed by atoms with Crippen LogP contribution in [-0.2, 0) is 4.74 Å².